The summed E-state index contributed by atoms with van der Waals surface area (Å²) in [6.07, 6.45) is 1.90. The summed E-state index contributed by atoms with van der Waals surface area (Å²) >= 11 is 0. The first-order valence-corrected chi connectivity index (χ1v) is 7.10. The third kappa shape index (κ3) is 3.20. The van der Waals surface area contributed by atoms with E-state index >= 15 is 0 Å². The summed E-state index contributed by atoms with van der Waals surface area (Å²) in [5.74, 6) is -0.786. The van der Waals surface area contributed by atoms with Crippen LogP contribution in [-0.4, -0.2) is 46.8 Å². The normalized spacial score (nSPS) is 19.7. The minimum atomic E-state index is -0.786. The van der Waals surface area contributed by atoms with Gasteiger partial charge in [0.05, 0.1) is 25.2 Å². The van der Waals surface area contributed by atoms with Crippen molar-refractivity contribution in [2.24, 2.45) is 0 Å². The number of aliphatic carboxylic acids is 1. The third-order valence-corrected chi connectivity index (χ3v) is 3.85. The van der Waals surface area contributed by atoms with E-state index in [9.17, 15) is 4.79 Å². The summed E-state index contributed by atoms with van der Waals surface area (Å²) in [6, 6.07) is 10.0. The number of ether oxygens (including phenoxy) is 1. The van der Waals surface area contributed by atoms with E-state index in [1.54, 1.807) is 6.20 Å². The van der Waals surface area contributed by atoms with Gasteiger partial charge in [0.15, 0.2) is 0 Å². The van der Waals surface area contributed by atoms with Crippen LogP contribution in [0.2, 0.25) is 0 Å². The van der Waals surface area contributed by atoms with E-state index in [4.69, 9.17) is 9.84 Å². The first kappa shape index (κ1) is 14.0. The zero-order valence-electron chi connectivity index (χ0n) is 11.7. The van der Waals surface area contributed by atoms with E-state index < -0.39 is 5.97 Å². The summed E-state index contributed by atoms with van der Waals surface area (Å²) in [4.78, 5) is 17.6. The maximum atomic E-state index is 11.0. The molecule has 5 heteroatoms. The van der Waals surface area contributed by atoms with E-state index in [2.05, 4.69) is 16.0 Å². The Morgan fingerprint density at radius 3 is 3.10 bits per heavy atom. The van der Waals surface area contributed by atoms with E-state index in [0.717, 1.165) is 23.0 Å². The van der Waals surface area contributed by atoms with Crippen LogP contribution in [0.3, 0.4) is 0 Å². The van der Waals surface area contributed by atoms with Gasteiger partial charge >= 0.3 is 5.97 Å². The molecule has 21 heavy (non-hydrogen) atoms. The van der Waals surface area contributed by atoms with Crippen molar-refractivity contribution in [2.75, 3.05) is 19.8 Å². The van der Waals surface area contributed by atoms with Gasteiger partial charge in [-0.2, -0.15) is 0 Å². The van der Waals surface area contributed by atoms with Crippen LogP contribution in [0.4, 0.5) is 0 Å². The average Bonchev–Trinajstić information content (AvgIpc) is 2.49. The Bertz CT molecular complexity index is 639. The first-order valence-electron chi connectivity index (χ1n) is 7.10. The van der Waals surface area contributed by atoms with Crippen molar-refractivity contribution < 1.29 is 14.6 Å². The van der Waals surface area contributed by atoms with Crippen molar-refractivity contribution >= 4 is 16.9 Å². The molecular weight excluding hydrogens is 268 g/mol. The van der Waals surface area contributed by atoms with Gasteiger partial charge in [0, 0.05) is 30.7 Å². The van der Waals surface area contributed by atoms with Crippen LogP contribution in [0.15, 0.2) is 36.5 Å². The van der Waals surface area contributed by atoms with Gasteiger partial charge in [-0.1, -0.05) is 24.3 Å². The van der Waals surface area contributed by atoms with Crippen LogP contribution in [0.25, 0.3) is 10.9 Å². The zero-order valence-corrected chi connectivity index (χ0v) is 11.7. The van der Waals surface area contributed by atoms with Crippen LogP contribution in [0, 0.1) is 0 Å². The van der Waals surface area contributed by atoms with Crippen LogP contribution >= 0.6 is 0 Å². The van der Waals surface area contributed by atoms with E-state index in [0.29, 0.717) is 19.8 Å². The SMILES string of the molecule is O=C(O)CC1COCCN1Cc1cccc2cccnc12. The summed E-state index contributed by atoms with van der Waals surface area (Å²) in [6.45, 7) is 2.58. The molecule has 2 aromatic rings. The standard InChI is InChI=1S/C16H18N2O3/c19-15(20)9-14-11-21-8-7-18(14)10-13-4-1-3-12-5-2-6-17-16(12)13/h1-6,14H,7-11H2,(H,19,20). The highest BCUT2D eigenvalue weighted by molar-refractivity contribution is 5.81. The van der Waals surface area contributed by atoms with Crippen LogP contribution < -0.4 is 0 Å². The number of nitrogens with zero attached hydrogens (tertiary/aromatic N) is 2. The molecular formula is C16H18N2O3. The van der Waals surface area contributed by atoms with Crippen LogP contribution in [-0.2, 0) is 16.1 Å². The second-order valence-electron chi connectivity index (χ2n) is 5.29. The zero-order chi connectivity index (χ0) is 14.7. The smallest absolute Gasteiger partial charge is 0.305 e. The number of benzene rings is 1. The largest absolute Gasteiger partial charge is 0.481 e. The number of pyridine rings is 1. The molecule has 5 nitrogen and oxygen atoms in total. The van der Waals surface area contributed by atoms with Crippen LogP contribution in [0.5, 0.6) is 0 Å². The predicted molar refractivity (Wildman–Crippen MR) is 79.0 cm³/mol. The molecule has 1 atom stereocenters. The van der Waals surface area contributed by atoms with Crippen LogP contribution in [0.1, 0.15) is 12.0 Å². The fourth-order valence-electron chi connectivity index (χ4n) is 2.80. The van der Waals surface area contributed by atoms with Crippen molar-refractivity contribution in [3.8, 4) is 0 Å². The van der Waals surface area contributed by atoms with Gasteiger partial charge in [0.1, 0.15) is 0 Å². The quantitative estimate of drug-likeness (QED) is 0.930. The van der Waals surface area contributed by atoms with Crippen molar-refractivity contribution in [2.45, 2.75) is 19.0 Å². The van der Waals surface area contributed by atoms with Gasteiger partial charge in [0.25, 0.3) is 0 Å². The lowest BCUT2D eigenvalue weighted by Gasteiger charge is -2.34. The molecule has 1 saturated heterocycles. The second kappa shape index (κ2) is 6.20. The summed E-state index contributed by atoms with van der Waals surface area (Å²) in [5, 5.41) is 10.1. The molecule has 0 saturated carbocycles. The second-order valence-corrected chi connectivity index (χ2v) is 5.29. The summed E-state index contributed by atoms with van der Waals surface area (Å²) in [7, 11) is 0. The number of carboxylic acid groups (broad SMARTS) is 1. The number of para-hydroxylation sites is 1. The highest BCUT2D eigenvalue weighted by Gasteiger charge is 2.25. The fraction of sp³-hybridized carbons (Fsp3) is 0.375. The third-order valence-electron chi connectivity index (χ3n) is 3.85. The predicted octanol–water partition coefficient (Wildman–Crippen LogP) is 1.91. The molecule has 110 valence electrons. The Kier molecular flexibility index (Phi) is 4.13. The molecule has 1 fully saturated rings. The number of morpholine rings is 1. The molecule has 1 unspecified atom stereocenters. The monoisotopic (exact) mass is 286 g/mol. The van der Waals surface area contributed by atoms with Gasteiger partial charge < -0.3 is 9.84 Å². The van der Waals surface area contributed by atoms with Crippen molar-refractivity contribution in [3.63, 3.8) is 0 Å². The number of carbonyl (C=O) groups is 1. The maximum Gasteiger partial charge on any atom is 0.305 e. The average molecular weight is 286 g/mol. The van der Waals surface area contributed by atoms with Gasteiger partial charge in [-0.05, 0) is 11.6 Å². The van der Waals surface area contributed by atoms with E-state index in [1.165, 1.54) is 0 Å². The molecule has 1 aromatic carbocycles. The van der Waals surface area contributed by atoms with Gasteiger partial charge in [-0.15, -0.1) is 0 Å². The molecule has 0 aliphatic carbocycles. The molecule has 0 amide bonds. The Hall–Kier alpha value is -1.98. The minimum absolute atomic E-state index is 0.0739. The first-order chi connectivity index (χ1) is 10.2. The van der Waals surface area contributed by atoms with E-state index in [1.807, 2.05) is 24.3 Å². The molecule has 0 spiro atoms. The molecule has 1 aliphatic heterocycles. The topological polar surface area (TPSA) is 62.7 Å². The van der Waals surface area contributed by atoms with Crippen molar-refractivity contribution in [3.05, 3.63) is 42.1 Å². The number of hydrogen-bond donors (Lipinski definition) is 1. The summed E-state index contributed by atoms with van der Waals surface area (Å²) < 4.78 is 5.42. The molecule has 1 N–H and O–H groups in total. The molecule has 0 radical (unpaired) electrons. The fourth-order valence-corrected chi connectivity index (χ4v) is 2.80. The van der Waals surface area contributed by atoms with E-state index in [-0.39, 0.29) is 12.5 Å². The maximum absolute atomic E-state index is 11.0. The number of fused-ring (bicyclic) bond motifs is 1. The molecule has 0 bridgehead atoms. The highest BCUT2D eigenvalue weighted by Crippen LogP contribution is 2.20. The number of hydrogen-bond acceptors (Lipinski definition) is 4. The number of rotatable bonds is 4. The molecule has 3 rings (SSSR count). The number of carboxylic acids is 1. The number of aromatic nitrogens is 1. The van der Waals surface area contributed by atoms with Gasteiger partial charge in [0.2, 0.25) is 0 Å². The van der Waals surface area contributed by atoms with Crippen molar-refractivity contribution in [1.82, 2.24) is 9.88 Å². The lowest BCUT2D eigenvalue weighted by atomic mass is 10.1. The molecule has 1 aliphatic rings. The molecule has 1 aromatic heterocycles. The lowest BCUT2D eigenvalue weighted by Crippen LogP contribution is -2.45. The van der Waals surface area contributed by atoms with Gasteiger partial charge in [-0.25, -0.2) is 0 Å². The Labute approximate surface area is 123 Å². The summed E-state index contributed by atoms with van der Waals surface area (Å²) in [5.41, 5.74) is 2.12. The lowest BCUT2D eigenvalue weighted by molar-refractivity contribution is -0.140. The minimum Gasteiger partial charge on any atom is -0.481 e. The Morgan fingerprint density at radius 2 is 2.24 bits per heavy atom. The molecule has 2 heterocycles. The highest BCUT2D eigenvalue weighted by atomic mass is 16.5. The Morgan fingerprint density at radius 1 is 1.38 bits per heavy atom. The van der Waals surface area contributed by atoms with Gasteiger partial charge in [-0.3, -0.25) is 14.7 Å². The Balaban J connectivity index is 1.84. The van der Waals surface area contributed by atoms with Crippen molar-refractivity contribution in [1.29, 1.82) is 0 Å².